The zero-order chi connectivity index (χ0) is 15.2. The van der Waals surface area contributed by atoms with Crippen LogP contribution in [0.4, 0.5) is 11.5 Å². The molecule has 2 heterocycles. The van der Waals surface area contributed by atoms with E-state index in [1.54, 1.807) is 0 Å². The fourth-order valence-corrected chi connectivity index (χ4v) is 2.90. The maximum Gasteiger partial charge on any atom is 0.126 e. The largest absolute Gasteiger partial charge is 0.395 e. The van der Waals surface area contributed by atoms with Crippen molar-refractivity contribution in [1.29, 1.82) is 0 Å². The number of anilines is 2. The summed E-state index contributed by atoms with van der Waals surface area (Å²) in [4.78, 5) is 9.00. The third kappa shape index (κ3) is 4.32. The summed E-state index contributed by atoms with van der Waals surface area (Å²) in [5.74, 6) is 1.58. The molecule has 2 N–H and O–H groups in total. The Hall–Kier alpha value is -1.33. The Balaban J connectivity index is 1.91. The van der Waals surface area contributed by atoms with Gasteiger partial charge in [-0.05, 0) is 31.0 Å². The average Bonchev–Trinajstić information content (AvgIpc) is 2.50. The Bertz CT molecular complexity index is 423. The number of nitrogens with zero attached hydrogens (tertiary/aromatic N) is 3. The molecule has 0 saturated carbocycles. The first kappa shape index (κ1) is 16.0. The molecule has 1 aliphatic heterocycles. The van der Waals surface area contributed by atoms with Gasteiger partial charge in [0.2, 0.25) is 0 Å². The molecule has 0 aliphatic carbocycles. The van der Waals surface area contributed by atoms with Crippen molar-refractivity contribution in [2.24, 2.45) is 5.92 Å². The van der Waals surface area contributed by atoms with Crippen LogP contribution in [0.5, 0.6) is 0 Å². The molecule has 118 valence electrons. The van der Waals surface area contributed by atoms with Crippen LogP contribution in [0.15, 0.2) is 18.3 Å². The molecule has 2 unspecified atom stereocenters. The lowest BCUT2D eigenvalue weighted by Gasteiger charge is -2.37. The first-order valence-corrected chi connectivity index (χ1v) is 7.91. The van der Waals surface area contributed by atoms with E-state index in [1.165, 1.54) is 6.42 Å². The molecular weight excluding hydrogens is 264 g/mol. The summed E-state index contributed by atoms with van der Waals surface area (Å²) >= 11 is 0. The second kappa shape index (κ2) is 7.61. The summed E-state index contributed by atoms with van der Waals surface area (Å²) < 4.78 is 0. The van der Waals surface area contributed by atoms with Crippen LogP contribution < -0.4 is 10.2 Å². The van der Waals surface area contributed by atoms with Crippen LogP contribution in [0, 0.1) is 5.92 Å². The molecule has 1 aliphatic rings. The highest BCUT2D eigenvalue weighted by atomic mass is 16.3. The van der Waals surface area contributed by atoms with Crippen molar-refractivity contribution in [1.82, 2.24) is 9.88 Å². The third-order valence-corrected chi connectivity index (χ3v) is 4.39. The molecule has 1 saturated heterocycles. The van der Waals surface area contributed by atoms with E-state index in [-0.39, 0.29) is 6.61 Å². The van der Waals surface area contributed by atoms with Crippen LogP contribution in [0.25, 0.3) is 0 Å². The van der Waals surface area contributed by atoms with E-state index in [4.69, 9.17) is 5.11 Å². The van der Waals surface area contributed by atoms with Crippen LogP contribution in [-0.4, -0.2) is 60.9 Å². The van der Waals surface area contributed by atoms with Crippen molar-refractivity contribution in [2.75, 3.05) is 50.1 Å². The van der Waals surface area contributed by atoms with Crippen molar-refractivity contribution < 1.29 is 5.11 Å². The van der Waals surface area contributed by atoms with Crippen LogP contribution in [0.2, 0.25) is 0 Å². The number of likely N-dealkylation sites (tertiary alicyclic amines) is 1. The van der Waals surface area contributed by atoms with E-state index >= 15 is 0 Å². The SMILES string of the molecule is CCN1CCC(Nc2ccc(N(C)CCO)cn2)C(C)C1. The van der Waals surface area contributed by atoms with E-state index in [0.29, 0.717) is 18.5 Å². The summed E-state index contributed by atoms with van der Waals surface area (Å²) in [6.45, 7) is 8.78. The van der Waals surface area contributed by atoms with Crippen molar-refractivity contribution in [3.8, 4) is 0 Å². The molecule has 5 heteroatoms. The highest BCUT2D eigenvalue weighted by molar-refractivity contribution is 5.49. The van der Waals surface area contributed by atoms with Gasteiger partial charge in [-0.3, -0.25) is 0 Å². The Morgan fingerprint density at radius 1 is 1.48 bits per heavy atom. The van der Waals surface area contributed by atoms with Gasteiger partial charge in [0.15, 0.2) is 0 Å². The number of hydrogen-bond donors (Lipinski definition) is 2. The smallest absolute Gasteiger partial charge is 0.126 e. The number of nitrogens with one attached hydrogen (secondary N) is 1. The molecule has 1 fully saturated rings. The van der Waals surface area contributed by atoms with Gasteiger partial charge in [-0.25, -0.2) is 4.98 Å². The molecule has 21 heavy (non-hydrogen) atoms. The highest BCUT2D eigenvalue weighted by Gasteiger charge is 2.25. The zero-order valence-electron chi connectivity index (χ0n) is 13.4. The second-order valence-corrected chi connectivity index (χ2v) is 5.96. The summed E-state index contributed by atoms with van der Waals surface area (Å²) in [5.41, 5.74) is 1.03. The molecule has 2 atom stereocenters. The normalized spacial score (nSPS) is 23.0. The number of likely N-dealkylation sites (N-methyl/N-ethyl adjacent to an activating group) is 1. The van der Waals surface area contributed by atoms with Gasteiger partial charge in [-0.15, -0.1) is 0 Å². The molecule has 0 radical (unpaired) electrons. The molecular formula is C16H28N4O. The fourth-order valence-electron chi connectivity index (χ4n) is 2.90. The molecule has 1 aromatic heterocycles. The van der Waals surface area contributed by atoms with Crippen LogP contribution in [0.3, 0.4) is 0 Å². The van der Waals surface area contributed by atoms with E-state index < -0.39 is 0 Å². The van der Waals surface area contributed by atoms with Crippen LogP contribution >= 0.6 is 0 Å². The van der Waals surface area contributed by atoms with Gasteiger partial charge in [-0.2, -0.15) is 0 Å². The molecule has 0 bridgehead atoms. The summed E-state index contributed by atoms with van der Waals surface area (Å²) in [5, 5.41) is 12.5. The maximum atomic E-state index is 8.96. The number of aromatic nitrogens is 1. The Kier molecular flexibility index (Phi) is 5.82. The molecule has 0 amide bonds. The molecule has 5 nitrogen and oxygen atoms in total. The quantitative estimate of drug-likeness (QED) is 0.835. The summed E-state index contributed by atoms with van der Waals surface area (Å²) in [7, 11) is 1.96. The molecule has 1 aromatic rings. The predicted octanol–water partition coefficient (Wildman–Crippen LogP) is 1.65. The molecule has 2 rings (SSSR count). The monoisotopic (exact) mass is 292 g/mol. The van der Waals surface area contributed by atoms with Crippen LogP contribution in [-0.2, 0) is 0 Å². The first-order chi connectivity index (χ1) is 10.1. The number of aliphatic hydroxyl groups is 1. The minimum absolute atomic E-state index is 0.157. The van der Waals surface area contributed by atoms with Gasteiger partial charge in [0.05, 0.1) is 18.5 Å². The topological polar surface area (TPSA) is 51.6 Å². The number of aliphatic hydroxyl groups excluding tert-OH is 1. The number of rotatable bonds is 6. The second-order valence-electron chi connectivity index (χ2n) is 5.96. The molecule has 0 aromatic carbocycles. The minimum Gasteiger partial charge on any atom is -0.395 e. The van der Waals surface area contributed by atoms with E-state index in [1.807, 2.05) is 24.2 Å². The van der Waals surface area contributed by atoms with E-state index in [2.05, 4.69) is 35.1 Å². The Labute approximate surface area is 128 Å². The van der Waals surface area contributed by atoms with Crippen molar-refractivity contribution >= 4 is 11.5 Å². The van der Waals surface area contributed by atoms with Gasteiger partial charge < -0.3 is 20.2 Å². The van der Waals surface area contributed by atoms with Crippen molar-refractivity contribution in [2.45, 2.75) is 26.3 Å². The highest BCUT2D eigenvalue weighted by Crippen LogP contribution is 2.21. The van der Waals surface area contributed by atoms with Crippen LogP contribution in [0.1, 0.15) is 20.3 Å². The Morgan fingerprint density at radius 2 is 2.29 bits per heavy atom. The zero-order valence-corrected chi connectivity index (χ0v) is 13.4. The third-order valence-electron chi connectivity index (χ3n) is 4.39. The first-order valence-electron chi connectivity index (χ1n) is 7.91. The van der Waals surface area contributed by atoms with Gasteiger partial charge in [0.25, 0.3) is 0 Å². The molecule has 0 spiro atoms. The van der Waals surface area contributed by atoms with E-state index in [9.17, 15) is 0 Å². The number of hydrogen-bond acceptors (Lipinski definition) is 5. The van der Waals surface area contributed by atoms with E-state index in [0.717, 1.165) is 31.1 Å². The van der Waals surface area contributed by atoms with Gasteiger partial charge in [-0.1, -0.05) is 13.8 Å². The number of piperidine rings is 1. The summed E-state index contributed by atoms with van der Waals surface area (Å²) in [6.07, 6.45) is 3.03. The lowest BCUT2D eigenvalue weighted by Crippen LogP contribution is -2.45. The van der Waals surface area contributed by atoms with Crippen molar-refractivity contribution in [3.63, 3.8) is 0 Å². The lowest BCUT2D eigenvalue weighted by atomic mass is 9.94. The minimum atomic E-state index is 0.157. The standard InChI is InChI=1S/C16H28N4O/c1-4-20-8-7-15(13(2)12-20)18-16-6-5-14(11-17-16)19(3)9-10-21/h5-6,11,13,15,21H,4,7-10,12H2,1-3H3,(H,17,18). The lowest BCUT2D eigenvalue weighted by molar-refractivity contribution is 0.179. The van der Waals surface area contributed by atoms with Gasteiger partial charge in [0, 0.05) is 32.7 Å². The maximum absolute atomic E-state index is 8.96. The van der Waals surface area contributed by atoms with Gasteiger partial charge in [0.1, 0.15) is 5.82 Å². The fraction of sp³-hybridized carbons (Fsp3) is 0.688. The summed E-state index contributed by atoms with van der Waals surface area (Å²) in [6, 6.07) is 4.58. The van der Waals surface area contributed by atoms with Crippen molar-refractivity contribution in [3.05, 3.63) is 18.3 Å². The predicted molar refractivity (Wildman–Crippen MR) is 87.9 cm³/mol. The average molecular weight is 292 g/mol. The van der Waals surface area contributed by atoms with Gasteiger partial charge >= 0.3 is 0 Å². The Morgan fingerprint density at radius 3 is 2.86 bits per heavy atom. The number of pyridine rings is 1.